The van der Waals surface area contributed by atoms with E-state index in [1.165, 1.54) is 26.6 Å². The Hall–Kier alpha value is -2.61. The normalized spacial score (nSPS) is 11.5. The number of allylic oxidation sites excluding steroid dienone is 1. The molecule has 0 aliphatic rings. The van der Waals surface area contributed by atoms with Crippen LogP contribution in [0.5, 0.6) is 0 Å². The third-order valence-electron chi connectivity index (χ3n) is 2.28. The van der Waals surface area contributed by atoms with Crippen LogP contribution in [0.25, 0.3) is 5.57 Å². The number of rotatable bonds is 5. The number of carbonyl (C=O) groups is 1. The molecule has 4 N–H and O–H groups in total. The second-order valence-electron chi connectivity index (χ2n) is 3.56. The number of nitrogen functional groups attached to an aromatic ring is 1. The Kier molecular flexibility index (Phi) is 5.67. The van der Waals surface area contributed by atoms with Crippen molar-refractivity contribution in [3.8, 4) is 0 Å². The summed E-state index contributed by atoms with van der Waals surface area (Å²) in [4.78, 5) is 23.4. The zero-order valence-electron chi connectivity index (χ0n) is 11.5. The maximum atomic E-state index is 11.6. The summed E-state index contributed by atoms with van der Waals surface area (Å²) in [5.74, 6) is -0.609. The number of esters is 1. The Morgan fingerprint density at radius 1 is 1.38 bits per heavy atom. The molecule has 21 heavy (non-hydrogen) atoms. The average Bonchev–Trinajstić information content (AvgIpc) is 2.49. The molecule has 9 heteroatoms. The van der Waals surface area contributed by atoms with Crippen molar-refractivity contribution in [3.63, 3.8) is 0 Å². The third kappa shape index (κ3) is 3.93. The number of anilines is 1. The van der Waals surface area contributed by atoms with Crippen molar-refractivity contribution in [1.82, 2.24) is 9.97 Å². The average molecular weight is 312 g/mol. The number of aliphatic imine (C=N–C) groups is 1. The molecule has 0 aliphatic heterocycles. The standard InChI is InChI=1S/C12H14ClN5O3/c1-6(20-2)16-5-7(4-14)11-17-9(12(19)21-3)8(13)10(15)18-11/h4-5H,1,14H2,2-3H3,(H2,15,17,18)/b7-4+,16-5-. The van der Waals surface area contributed by atoms with E-state index in [9.17, 15) is 4.79 Å². The van der Waals surface area contributed by atoms with E-state index in [-0.39, 0.29) is 28.2 Å². The Morgan fingerprint density at radius 2 is 2.05 bits per heavy atom. The van der Waals surface area contributed by atoms with E-state index < -0.39 is 5.97 Å². The topological polar surface area (TPSA) is 126 Å². The van der Waals surface area contributed by atoms with Crippen molar-refractivity contribution in [2.75, 3.05) is 20.0 Å². The summed E-state index contributed by atoms with van der Waals surface area (Å²) in [6.45, 7) is 3.51. The van der Waals surface area contributed by atoms with E-state index in [1.807, 2.05) is 0 Å². The summed E-state index contributed by atoms with van der Waals surface area (Å²) in [6.07, 6.45) is 2.51. The van der Waals surface area contributed by atoms with Crippen molar-refractivity contribution in [3.05, 3.63) is 35.2 Å². The lowest BCUT2D eigenvalue weighted by Gasteiger charge is -2.07. The van der Waals surface area contributed by atoms with Crippen molar-refractivity contribution in [2.45, 2.75) is 0 Å². The van der Waals surface area contributed by atoms with Gasteiger partial charge in [-0.2, -0.15) is 0 Å². The number of hydrogen-bond acceptors (Lipinski definition) is 8. The number of ether oxygens (including phenoxy) is 2. The first-order valence-electron chi connectivity index (χ1n) is 5.55. The number of nitrogens with two attached hydrogens (primary N) is 2. The molecule has 1 aromatic rings. The van der Waals surface area contributed by atoms with E-state index >= 15 is 0 Å². The summed E-state index contributed by atoms with van der Waals surface area (Å²) in [7, 11) is 2.61. The van der Waals surface area contributed by atoms with Gasteiger partial charge in [-0.05, 0) is 6.58 Å². The lowest BCUT2D eigenvalue weighted by molar-refractivity contribution is 0.0594. The molecule has 0 amide bonds. The zero-order chi connectivity index (χ0) is 16.0. The summed E-state index contributed by atoms with van der Waals surface area (Å²) >= 11 is 5.87. The summed E-state index contributed by atoms with van der Waals surface area (Å²) in [5.41, 5.74) is 11.3. The van der Waals surface area contributed by atoms with Crippen LogP contribution in [-0.4, -0.2) is 36.4 Å². The molecule has 8 nitrogen and oxygen atoms in total. The molecule has 0 bridgehead atoms. The fourth-order valence-corrected chi connectivity index (χ4v) is 1.36. The lowest BCUT2D eigenvalue weighted by Crippen LogP contribution is -2.12. The number of halogens is 1. The monoisotopic (exact) mass is 311 g/mol. The molecule has 0 radical (unpaired) electrons. The highest BCUT2D eigenvalue weighted by Gasteiger charge is 2.19. The molecule has 1 aromatic heterocycles. The zero-order valence-corrected chi connectivity index (χ0v) is 12.2. The van der Waals surface area contributed by atoms with Crippen LogP contribution in [0.1, 0.15) is 16.3 Å². The van der Waals surface area contributed by atoms with Gasteiger partial charge in [0.05, 0.1) is 19.8 Å². The summed E-state index contributed by atoms with van der Waals surface area (Å²) < 4.78 is 9.35. The van der Waals surface area contributed by atoms with Crippen molar-refractivity contribution in [2.24, 2.45) is 10.7 Å². The molecule has 0 saturated carbocycles. The highest BCUT2D eigenvalue weighted by molar-refractivity contribution is 6.35. The van der Waals surface area contributed by atoms with Gasteiger partial charge in [0.2, 0.25) is 5.88 Å². The molecule has 0 spiro atoms. The minimum absolute atomic E-state index is 0.0625. The second kappa shape index (κ2) is 7.25. The van der Waals surface area contributed by atoms with Gasteiger partial charge >= 0.3 is 5.97 Å². The van der Waals surface area contributed by atoms with E-state index in [4.69, 9.17) is 27.8 Å². The van der Waals surface area contributed by atoms with Gasteiger partial charge in [-0.15, -0.1) is 0 Å². The molecule has 1 rings (SSSR count). The molecule has 0 fully saturated rings. The lowest BCUT2D eigenvalue weighted by atomic mass is 10.2. The number of nitrogens with zero attached hydrogens (tertiary/aromatic N) is 3. The second-order valence-corrected chi connectivity index (χ2v) is 3.94. The molecule has 0 saturated heterocycles. The first-order valence-corrected chi connectivity index (χ1v) is 5.92. The fourth-order valence-electron chi connectivity index (χ4n) is 1.20. The fraction of sp³-hybridized carbons (Fsp3) is 0.167. The number of hydrogen-bond donors (Lipinski definition) is 2. The van der Waals surface area contributed by atoms with Gasteiger partial charge in [-0.3, -0.25) is 0 Å². The Balaban J connectivity index is 3.29. The van der Waals surface area contributed by atoms with Crippen LogP contribution < -0.4 is 11.5 Å². The van der Waals surface area contributed by atoms with Crippen LogP contribution >= 0.6 is 11.6 Å². The van der Waals surface area contributed by atoms with Crippen LogP contribution in [0.4, 0.5) is 5.82 Å². The maximum Gasteiger partial charge on any atom is 0.358 e. The maximum absolute atomic E-state index is 11.6. The van der Waals surface area contributed by atoms with Crippen LogP contribution in [0, 0.1) is 0 Å². The van der Waals surface area contributed by atoms with Gasteiger partial charge in [0, 0.05) is 12.4 Å². The largest absolute Gasteiger partial charge is 0.481 e. The summed E-state index contributed by atoms with van der Waals surface area (Å²) in [6, 6.07) is 0. The molecule has 0 aromatic carbocycles. The molecule has 0 aliphatic carbocycles. The Labute approximate surface area is 126 Å². The third-order valence-corrected chi connectivity index (χ3v) is 2.65. The smallest absolute Gasteiger partial charge is 0.358 e. The molecule has 0 atom stereocenters. The van der Waals surface area contributed by atoms with Gasteiger partial charge in [0.25, 0.3) is 0 Å². The number of aromatic nitrogens is 2. The van der Waals surface area contributed by atoms with Gasteiger partial charge in [-0.1, -0.05) is 11.6 Å². The van der Waals surface area contributed by atoms with Gasteiger partial charge in [0.1, 0.15) is 10.8 Å². The minimum Gasteiger partial charge on any atom is -0.481 e. The molecular formula is C12H14ClN5O3. The van der Waals surface area contributed by atoms with Crippen molar-refractivity contribution < 1.29 is 14.3 Å². The van der Waals surface area contributed by atoms with Gasteiger partial charge < -0.3 is 20.9 Å². The SMILES string of the molecule is C=C(/N=C\C(=C/N)c1nc(N)c(Cl)c(C(=O)OC)n1)OC. The van der Waals surface area contributed by atoms with Gasteiger partial charge in [0.15, 0.2) is 11.5 Å². The minimum atomic E-state index is -0.745. The van der Waals surface area contributed by atoms with Crippen LogP contribution in [0.3, 0.4) is 0 Å². The predicted octanol–water partition coefficient (Wildman–Crippen LogP) is 0.987. The van der Waals surface area contributed by atoms with Crippen molar-refractivity contribution >= 4 is 35.2 Å². The highest BCUT2D eigenvalue weighted by Crippen LogP contribution is 2.22. The molecule has 0 unspecified atom stereocenters. The summed E-state index contributed by atoms with van der Waals surface area (Å²) in [5, 5.41) is -0.0970. The molecule has 1 heterocycles. The Morgan fingerprint density at radius 3 is 2.57 bits per heavy atom. The highest BCUT2D eigenvalue weighted by atomic mass is 35.5. The number of methoxy groups -OCH3 is 2. The van der Waals surface area contributed by atoms with Crippen molar-refractivity contribution in [1.29, 1.82) is 0 Å². The van der Waals surface area contributed by atoms with Crippen LogP contribution in [0.2, 0.25) is 5.02 Å². The first kappa shape index (κ1) is 16.4. The molecular weight excluding hydrogens is 298 g/mol. The van der Waals surface area contributed by atoms with Gasteiger partial charge in [-0.25, -0.2) is 19.8 Å². The van der Waals surface area contributed by atoms with Crippen LogP contribution in [0.15, 0.2) is 23.7 Å². The van der Waals surface area contributed by atoms with Crippen LogP contribution in [-0.2, 0) is 9.47 Å². The number of carbonyl (C=O) groups excluding carboxylic acids is 1. The van der Waals surface area contributed by atoms with E-state index in [0.29, 0.717) is 5.57 Å². The van der Waals surface area contributed by atoms with E-state index in [0.717, 1.165) is 0 Å². The predicted molar refractivity (Wildman–Crippen MR) is 79.6 cm³/mol. The molecule has 112 valence electrons. The van der Waals surface area contributed by atoms with E-state index in [1.54, 1.807) is 0 Å². The van der Waals surface area contributed by atoms with E-state index in [2.05, 4.69) is 26.3 Å². The Bertz CT molecular complexity index is 628. The quantitative estimate of drug-likeness (QED) is 0.471. The first-order chi connectivity index (χ1) is 9.94.